The van der Waals surface area contributed by atoms with Crippen LogP contribution >= 0.6 is 0 Å². The number of amides is 1. The summed E-state index contributed by atoms with van der Waals surface area (Å²) in [6.07, 6.45) is -3.80. The van der Waals surface area contributed by atoms with E-state index in [1.807, 2.05) is 0 Å². The van der Waals surface area contributed by atoms with Crippen LogP contribution in [-0.4, -0.2) is 27.9 Å². The van der Waals surface area contributed by atoms with E-state index in [1.165, 1.54) is 25.1 Å². The Morgan fingerprint density at radius 1 is 1.25 bits per heavy atom. The number of benzene rings is 1. The Kier molecular flexibility index (Phi) is 5.53. The molecule has 1 aliphatic carbocycles. The van der Waals surface area contributed by atoms with Crippen LogP contribution in [0.15, 0.2) is 35.1 Å². The molecular formula is C19H19F4N3O2. The third kappa shape index (κ3) is 4.23. The summed E-state index contributed by atoms with van der Waals surface area (Å²) in [6, 6.07) is 6.18. The minimum absolute atomic E-state index is 0.0265. The Balaban J connectivity index is 1.85. The summed E-state index contributed by atoms with van der Waals surface area (Å²) < 4.78 is 54.0. The molecule has 150 valence electrons. The zero-order valence-electron chi connectivity index (χ0n) is 15.1. The molecule has 1 aromatic heterocycles. The quantitative estimate of drug-likeness (QED) is 0.806. The maximum atomic E-state index is 14.1. The van der Waals surface area contributed by atoms with E-state index in [1.54, 1.807) is 6.07 Å². The van der Waals surface area contributed by atoms with Gasteiger partial charge in [0.25, 0.3) is 5.91 Å². The highest BCUT2D eigenvalue weighted by atomic mass is 19.4. The first-order valence-corrected chi connectivity index (χ1v) is 8.90. The van der Waals surface area contributed by atoms with Gasteiger partial charge in [0.05, 0.1) is 5.92 Å². The van der Waals surface area contributed by atoms with Gasteiger partial charge in [-0.2, -0.15) is 18.3 Å². The summed E-state index contributed by atoms with van der Waals surface area (Å²) in [4.78, 5) is 24.7. The van der Waals surface area contributed by atoms with Gasteiger partial charge in [-0.1, -0.05) is 18.6 Å². The fraction of sp³-hybridized carbons (Fsp3) is 0.421. The Morgan fingerprint density at radius 3 is 2.64 bits per heavy atom. The maximum absolute atomic E-state index is 14.1. The molecule has 3 rings (SSSR count). The summed E-state index contributed by atoms with van der Waals surface area (Å²) in [7, 11) is 0. The second-order valence-electron chi connectivity index (χ2n) is 6.94. The third-order valence-electron chi connectivity index (χ3n) is 4.88. The molecule has 1 N–H and O–H groups in total. The largest absolute Gasteiger partial charge is 0.391 e. The highest BCUT2D eigenvalue weighted by molar-refractivity contribution is 5.92. The first-order valence-electron chi connectivity index (χ1n) is 8.90. The second-order valence-corrected chi connectivity index (χ2v) is 6.94. The van der Waals surface area contributed by atoms with E-state index in [4.69, 9.17) is 0 Å². The van der Waals surface area contributed by atoms with E-state index >= 15 is 0 Å². The van der Waals surface area contributed by atoms with Crippen LogP contribution in [0.4, 0.5) is 17.6 Å². The molecule has 0 aliphatic heterocycles. The summed E-state index contributed by atoms with van der Waals surface area (Å²) in [5.41, 5.74) is -0.779. The normalized spacial score (nSPS) is 20.0. The van der Waals surface area contributed by atoms with Gasteiger partial charge in [0.1, 0.15) is 11.5 Å². The first kappa shape index (κ1) is 20.0. The van der Waals surface area contributed by atoms with Crippen LogP contribution in [0.1, 0.15) is 41.9 Å². The van der Waals surface area contributed by atoms with Crippen molar-refractivity contribution in [2.45, 2.75) is 44.8 Å². The zero-order valence-corrected chi connectivity index (χ0v) is 15.1. The lowest BCUT2D eigenvalue weighted by molar-refractivity contribution is -0.183. The lowest BCUT2D eigenvalue weighted by Crippen LogP contribution is -2.43. The molecule has 1 aromatic carbocycles. The molecule has 1 saturated carbocycles. The average Bonchev–Trinajstić information content (AvgIpc) is 2.62. The number of carbonyl (C=O) groups excluding carboxylic acids is 1. The van der Waals surface area contributed by atoms with E-state index in [9.17, 15) is 27.2 Å². The Labute approximate surface area is 158 Å². The molecule has 0 saturated heterocycles. The molecule has 0 bridgehead atoms. The number of para-hydroxylation sites is 1. The number of aromatic nitrogens is 2. The molecule has 1 aliphatic rings. The highest BCUT2D eigenvalue weighted by Gasteiger charge is 2.42. The number of hydrogen-bond acceptors (Lipinski definition) is 3. The van der Waals surface area contributed by atoms with Crippen molar-refractivity contribution in [1.82, 2.24) is 15.1 Å². The van der Waals surface area contributed by atoms with Crippen molar-refractivity contribution < 1.29 is 22.4 Å². The summed E-state index contributed by atoms with van der Waals surface area (Å²) >= 11 is 0. The van der Waals surface area contributed by atoms with Gasteiger partial charge in [0, 0.05) is 17.8 Å². The number of nitrogens with zero attached hydrogens (tertiary/aromatic N) is 2. The summed E-state index contributed by atoms with van der Waals surface area (Å²) in [5, 5.41) is 6.45. The number of hydrogen-bond donors (Lipinski definition) is 1. The third-order valence-corrected chi connectivity index (χ3v) is 4.88. The molecule has 0 unspecified atom stereocenters. The van der Waals surface area contributed by atoms with E-state index in [2.05, 4.69) is 10.4 Å². The van der Waals surface area contributed by atoms with Crippen molar-refractivity contribution in [1.29, 1.82) is 0 Å². The average molecular weight is 397 g/mol. The predicted molar refractivity (Wildman–Crippen MR) is 93.8 cm³/mol. The number of alkyl halides is 3. The number of aryl methyl sites for hydroxylation is 1. The minimum atomic E-state index is -4.32. The van der Waals surface area contributed by atoms with Gasteiger partial charge in [-0.3, -0.25) is 9.59 Å². The van der Waals surface area contributed by atoms with Crippen molar-refractivity contribution in [3.05, 3.63) is 57.8 Å². The lowest BCUT2D eigenvalue weighted by Gasteiger charge is -2.30. The van der Waals surface area contributed by atoms with Gasteiger partial charge in [0.15, 0.2) is 5.69 Å². The van der Waals surface area contributed by atoms with Gasteiger partial charge in [-0.05, 0) is 38.3 Å². The molecule has 1 heterocycles. The van der Waals surface area contributed by atoms with Gasteiger partial charge in [-0.25, -0.2) is 9.07 Å². The topological polar surface area (TPSA) is 64.0 Å². The highest BCUT2D eigenvalue weighted by Crippen LogP contribution is 2.37. The fourth-order valence-electron chi connectivity index (χ4n) is 3.44. The molecular weight excluding hydrogens is 378 g/mol. The van der Waals surface area contributed by atoms with Crippen LogP contribution in [0.2, 0.25) is 0 Å². The van der Waals surface area contributed by atoms with E-state index in [0.29, 0.717) is 18.5 Å². The first-order chi connectivity index (χ1) is 13.2. The minimum Gasteiger partial charge on any atom is -0.348 e. The van der Waals surface area contributed by atoms with Crippen LogP contribution in [0.3, 0.4) is 0 Å². The smallest absolute Gasteiger partial charge is 0.348 e. The number of nitrogens with one attached hydrogen (secondary N) is 1. The standard InChI is InChI=1S/C19H19F4N3O2/c1-11-9-16(27)17(25-26(11)15-8-3-2-7-14(15)20)18(28)24-13-6-4-5-12(10-13)19(21,22)23/h2-3,7-9,12-13H,4-6,10H2,1H3,(H,24,28)/t12-,13+/m0/s1. The predicted octanol–water partition coefficient (Wildman–Crippen LogP) is 3.53. The van der Waals surface area contributed by atoms with Crippen molar-refractivity contribution >= 4 is 5.91 Å². The zero-order chi connectivity index (χ0) is 20.5. The van der Waals surface area contributed by atoms with Gasteiger partial charge >= 0.3 is 6.18 Å². The molecule has 1 fully saturated rings. The monoisotopic (exact) mass is 397 g/mol. The number of carbonyl (C=O) groups is 1. The second kappa shape index (κ2) is 7.73. The Morgan fingerprint density at radius 2 is 1.96 bits per heavy atom. The van der Waals surface area contributed by atoms with Gasteiger partial charge in [0.2, 0.25) is 5.43 Å². The number of rotatable bonds is 3. The van der Waals surface area contributed by atoms with Crippen LogP contribution in [0.5, 0.6) is 0 Å². The Hall–Kier alpha value is -2.71. The van der Waals surface area contributed by atoms with Crippen molar-refractivity contribution in [2.24, 2.45) is 5.92 Å². The van der Waals surface area contributed by atoms with Crippen molar-refractivity contribution in [3.63, 3.8) is 0 Å². The van der Waals surface area contributed by atoms with E-state index < -0.39 is 41.0 Å². The van der Waals surface area contributed by atoms with Crippen LogP contribution < -0.4 is 10.7 Å². The van der Waals surface area contributed by atoms with Gasteiger partial charge < -0.3 is 5.32 Å². The van der Waals surface area contributed by atoms with Crippen LogP contribution in [-0.2, 0) is 0 Å². The molecule has 5 nitrogen and oxygen atoms in total. The molecule has 1 amide bonds. The van der Waals surface area contributed by atoms with Crippen LogP contribution in [0.25, 0.3) is 5.69 Å². The van der Waals surface area contributed by atoms with Crippen molar-refractivity contribution in [2.75, 3.05) is 0 Å². The van der Waals surface area contributed by atoms with E-state index in [-0.39, 0.29) is 18.5 Å². The molecule has 2 atom stereocenters. The number of halogens is 4. The van der Waals surface area contributed by atoms with E-state index in [0.717, 1.165) is 10.7 Å². The molecule has 0 spiro atoms. The summed E-state index contributed by atoms with van der Waals surface area (Å²) in [5.74, 6) is -2.93. The van der Waals surface area contributed by atoms with Crippen molar-refractivity contribution in [3.8, 4) is 5.69 Å². The maximum Gasteiger partial charge on any atom is 0.391 e. The molecule has 2 aromatic rings. The lowest BCUT2D eigenvalue weighted by atomic mass is 9.85. The van der Waals surface area contributed by atoms with Crippen LogP contribution in [0, 0.1) is 18.7 Å². The van der Waals surface area contributed by atoms with Gasteiger partial charge in [-0.15, -0.1) is 0 Å². The molecule has 28 heavy (non-hydrogen) atoms. The molecule has 9 heteroatoms. The fourth-order valence-corrected chi connectivity index (χ4v) is 3.44. The Bertz CT molecular complexity index is 940. The molecule has 0 radical (unpaired) electrons. The SMILES string of the molecule is Cc1cc(=O)c(C(=O)N[C@@H]2CCC[C@H](C(F)(F)F)C2)nn1-c1ccccc1F. The summed E-state index contributed by atoms with van der Waals surface area (Å²) in [6.45, 7) is 1.54.